The molecular weight excluding hydrogens is 319 g/mol. The first-order valence-electron chi connectivity index (χ1n) is 6.38. The lowest BCUT2D eigenvalue weighted by atomic mass is 10.2. The molecule has 1 aromatic carbocycles. The van der Waals surface area contributed by atoms with Crippen molar-refractivity contribution < 1.29 is 21.2 Å². The van der Waals surface area contributed by atoms with Gasteiger partial charge in [0.15, 0.2) is 9.84 Å². The van der Waals surface area contributed by atoms with Crippen LogP contribution in [-0.4, -0.2) is 45.2 Å². The van der Waals surface area contributed by atoms with Gasteiger partial charge in [-0.25, -0.2) is 21.2 Å². The van der Waals surface area contributed by atoms with Gasteiger partial charge in [0.25, 0.3) is 0 Å². The third kappa shape index (κ3) is 3.25. The molecule has 1 aliphatic rings. The van der Waals surface area contributed by atoms with Gasteiger partial charge in [-0.1, -0.05) is 6.07 Å². The van der Waals surface area contributed by atoms with Crippen molar-refractivity contribution in [2.24, 2.45) is 5.73 Å². The van der Waals surface area contributed by atoms with Crippen LogP contribution in [0.4, 0.5) is 4.39 Å². The van der Waals surface area contributed by atoms with Crippen molar-refractivity contribution in [3.63, 3.8) is 0 Å². The normalized spacial score (nSPS) is 23.1. The molecule has 0 aromatic heterocycles. The Morgan fingerprint density at radius 1 is 1.43 bits per heavy atom. The average Bonchev–Trinajstić information content (AvgIpc) is 2.36. The molecule has 2 rings (SSSR count). The average molecular weight is 336 g/mol. The molecular formula is C12H17FN2O4S2. The number of nitrogens with zero attached hydrogens (tertiary/aromatic N) is 1. The van der Waals surface area contributed by atoms with Crippen LogP contribution in [0.5, 0.6) is 0 Å². The lowest BCUT2D eigenvalue weighted by molar-refractivity contribution is 0.355. The Kier molecular flexibility index (Phi) is 4.39. The highest BCUT2D eigenvalue weighted by Gasteiger charge is 2.37. The molecule has 0 saturated carbocycles. The number of rotatable bonds is 3. The molecule has 1 unspecified atom stereocenters. The predicted molar refractivity (Wildman–Crippen MR) is 76.3 cm³/mol. The summed E-state index contributed by atoms with van der Waals surface area (Å²) in [6.07, 6.45) is 0. The summed E-state index contributed by atoms with van der Waals surface area (Å²) in [4.78, 5) is -0.453. The van der Waals surface area contributed by atoms with Crippen molar-refractivity contribution in [3.05, 3.63) is 29.6 Å². The van der Waals surface area contributed by atoms with Crippen molar-refractivity contribution in [1.29, 1.82) is 0 Å². The van der Waals surface area contributed by atoms with Crippen molar-refractivity contribution >= 4 is 19.9 Å². The van der Waals surface area contributed by atoms with Crippen molar-refractivity contribution in [1.82, 2.24) is 4.31 Å². The van der Waals surface area contributed by atoms with Crippen LogP contribution < -0.4 is 5.73 Å². The highest BCUT2D eigenvalue weighted by molar-refractivity contribution is 7.92. The fourth-order valence-corrected chi connectivity index (χ4v) is 5.79. The SMILES string of the molecule is CC1CS(=O)(=O)CCN1S(=O)(=O)c1ccc(CN)cc1F. The second kappa shape index (κ2) is 5.64. The molecule has 2 N–H and O–H groups in total. The van der Waals surface area contributed by atoms with Crippen LogP contribution in [0.1, 0.15) is 12.5 Å². The van der Waals surface area contributed by atoms with Gasteiger partial charge in [0.1, 0.15) is 10.7 Å². The van der Waals surface area contributed by atoms with Crippen LogP contribution in [0.2, 0.25) is 0 Å². The van der Waals surface area contributed by atoms with Crippen LogP contribution in [0, 0.1) is 5.82 Å². The Bertz CT molecular complexity index is 747. The van der Waals surface area contributed by atoms with Crippen LogP contribution in [0.25, 0.3) is 0 Å². The minimum atomic E-state index is -4.06. The fourth-order valence-electron chi connectivity index (χ4n) is 2.35. The van der Waals surface area contributed by atoms with E-state index >= 15 is 0 Å². The van der Waals surface area contributed by atoms with Gasteiger partial charge in [-0.3, -0.25) is 0 Å². The van der Waals surface area contributed by atoms with Gasteiger partial charge in [0.05, 0.1) is 11.5 Å². The number of nitrogens with two attached hydrogens (primary N) is 1. The largest absolute Gasteiger partial charge is 0.326 e. The van der Waals surface area contributed by atoms with Crippen LogP contribution in [-0.2, 0) is 26.4 Å². The van der Waals surface area contributed by atoms with Gasteiger partial charge in [-0.2, -0.15) is 4.31 Å². The van der Waals surface area contributed by atoms with Gasteiger partial charge in [0, 0.05) is 19.1 Å². The van der Waals surface area contributed by atoms with E-state index in [-0.39, 0.29) is 24.6 Å². The molecule has 0 bridgehead atoms. The highest BCUT2D eigenvalue weighted by Crippen LogP contribution is 2.24. The molecule has 1 heterocycles. The van der Waals surface area contributed by atoms with Crippen molar-refractivity contribution in [2.75, 3.05) is 18.1 Å². The van der Waals surface area contributed by atoms with E-state index in [2.05, 4.69) is 0 Å². The van der Waals surface area contributed by atoms with Crippen LogP contribution in [0.3, 0.4) is 0 Å². The molecule has 9 heteroatoms. The van der Waals surface area contributed by atoms with E-state index in [9.17, 15) is 21.2 Å². The molecule has 1 fully saturated rings. The van der Waals surface area contributed by atoms with E-state index < -0.39 is 36.6 Å². The maximum Gasteiger partial charge on any atom is 0.246 e. The summed E-state index contributed by atoms with van der Waals surface area (Å²) in [5.41, 5.74) is 5.87. The zero-order valence-corrected chi connectivity index (χ0v) is 13.1. The first-order valence-corrected chi connectivity index (χ1v) is 9.64. The van der Waals surface area contributed by atoms with Gasteiger partial charge in [-0.15, -0.1) is 0 Å². The quantitative estimate of drug-likeness (QED) is 0.844. The van der Waals surface area contributed by atoms with E-state index in [1.54, 1.807) is 0 Å². The summed E-state index contributed by atoms with van der Waals surface area (Å²) >= 11 is 0. The van der Waals surface area contributed by atoms with E-state index in [1.807, 2.05) is 0 Å². The summed E-state index contributed by atoms with van der Waals surface area (Å²) in [7, 11) is -7.31. The summed E-state index contributed by atoms with van der Waals surface area (Å²) in [5.74, 6) is -1.38. The predicted octanol–water partition coefficient (Wildman–Crippen LogP) is 0.0920. The third-order valence-corrected chi connectivity index (χ3v) is 7.27. The second-order valence-corrected chi connectivity index (χ2v) is 9.14. The number of hydrogen-bond donors (Lipinski definition) is 1. The molecule has 0 radical (unpaired) electrons. The molecule has 6 nitrogen and oxygen atoms in total. The third-order valence-electron chi connectivity index (χ3n) is 3.43. The van der Waals surface area contributed by atoms with E-state index in [1.165, 1.54) is 19.1 Å². The topological polar surface area (TPSA) is 97.5 Å². The molecule has 1 aliphatic heterocycles. The molecule has 0 amide bonds. The molecule has 1 saturated heterocycles. The Hall–Kier alpha value is -1.03. The Morgan fingerprint density at radius 3 is 2.62 bits per heavy atom. The minimum absolute atomic E-state index is 0.107. The molecule has 118 valence electrons. The second-order valence-electron chi connectivity index (χ2n) is 5.05. The van der Waals surface area contributed by atoms with Gasteiger partial charge < -0.3 is 5.73 Å². The smallest absolute Gasteiger partial charge is 0.246 e. The fraction of sp³-hybridized carbons (Fsp3) is 0.500. The number of benzene rings is 1. The van der Waals surface area contributed by atoms with Crippen molar-refractivity contribution in [2.45, 2.75) is 24.4 Å². The van der Waals surface area contributed by atoms with E-state index in [4.69, 9.17) is 5.73 Å². The van der Waals surface area contributed by atoms with Gasteiger partial charge in [-0.05, 0) is 24.6 Å². The zero-order chi connectivity index (χ0) is 15.8. The lowest BCUT2D eigenvalue weighted by Crippen LogP contribution is -2.49. The van der Waals surface area contributed by atoms with Crippen molar-refractivity contribution in [3.8, 4) is 0 Å². The summed E-state index contributed by atoms with van der Waals surface area (Å²) in [6, 6.07) is 2.98. The summed E-state index contributed by atoms with van der Waals surface area (Å²) in [6.45, 7) is 1.44. The van der Waals surface area contributed by atoms with E-state index in [0.717, 1.165) is 10.4 Å². The first kappa shape index (κ1) is 16.3. The summed E-state index contributed by atoms with van der Waals surface area (Å²) in [5, 5.41) is 0. The zero-order valence-electron chi connectivity index (χ0n) is 11.5. The Morgan fingerprint density at radius 2 is 2.10 bits per heavy atom. The molecule has 21 heavy (non-hydrogen) atoms. The maximum atomic E-state index is 14.0. The van der Waals surface area contributed by atoms with E-state index in [0.29, 0.717) is 5.56 Å². The highest BCUT2D eigenvalue weighted by atomic mass is 32.2. The molecule has 1 aromatic rings. The molecule has 1 atom stereocenters. The first-order chi connectivity index (χ1) is 9.67. The van der Waals surface area contributed by atoms with Crippen LogP contribution >= 0.6 is 0 Å². The molecule has 0 aliphatic carbocycles. The van der Waals surface area contributed by atoms with Gasteiger partial charge in [0.2, 0.25) is 10.0 Å². The lowest BCUT2D eigenvalue weighted by Gasteiger charge is -2.32. The number of halogens is 1. The maximum absolute atomic E-state index is 14.0. The standard InChI is InChI=1S/C12H17FN2O4S2/c1-9-8-20(16,17)5-4-15(9)21(18,19)12-3-2-10(7-14)6-11(12)13/h2-3,6,9H,4-5,7-8,14H2,1H3. The monoisotopic (exact) mass is 336 g/mol. The Balaban J connectivity index is 2.39. The Labute approximate surface area is 123 Å². The number of sulfone groups is 1. The van der Waals surface area contributed by atoms with Gasteiger partial charge >= 0.3 is 0 Å². The number of hydrogen-bond acceptors (Lipinski definition) is 5. The van der Waals surface area contributed by atoms with Crippen LogP contribution in [0.15, 0.2) is 23.1 Å². The minimum Gasteiger partial charge on any atom is -0.326 e. The molecule has 0 spiro atoms. The number of sulfonamides is 1. The summed E-state index contributed by atoms with van der Waals surface area (Å²) < 4.78 is 63.0.